The van der Waals surface area contributed by atoms with Crippen molar-refractivity contribution in [2.24, 2.45) is 0 Å². The van der Waals surface area contributed by atoms with Gasteiger partial charge in [0.2, 0.25) is 5.28 Å². The number of rotatable bonds is 14. The van der Waals surface area contributed by atoms with E-state index in [9.17, 15) is 28.0 Å². The number of benzene rings is 4. The standard InChI is InChI=1S/C25H26FN3O5.C18H20BFO3.C13H18ClN3O4/c1-15(23(30)32-5)27-21-14-20(24(31)34-25(2,3)4)28-22(29-21)16-6-10-18(11-7-16)33-19-12-8-17(26)9-13-19;1-17(2)18(3,4)23-19(22-17)13-5-9-15(10-6-13)21-16-11-7-14(20)8-12-16;1-7(10(18)20-5)15-9-6-8(16-12(14)17-9)11(19)21-13(2,3)4/h6-15H,1-5H3,(H,27,28,29);5-12H,1-4H3;6-7H,1-5H3,(H,15,16,17)/t15-;;7-/m0.0/s1. The highest BCUT2D eigenvalue weighted by molar-refractivity contribution is 6.62. The number of ether oxygens (including phenoxy) is 6. The molecule has 0 aliphatic carbocycles. The number of hydrogen-bond donors (Lipinski definition) is 2. The first-order chi connectivity index (χ1) is 36.4. The second-order valence-electron chi connectivity index (χ2n) is 20.4. The van der Waals surface area contributed by atoms with Gasteiger partial charge in [-0.05, 0) is 185 Å². The second-order valence-corrected chi connectivity index (χ2v) is 20.8. The molecule has 18 nitrogen and oxygen atoms in total. The molecule has 7 rings (SSSR count). The van der Waals surface area contributed by atoms with Crippen LogP contribution in [0.25, 0.3) is 11.4 Å². The van der Waals surface area contributed by atoms with Crippen LogP contribution in [0, 0.1) is 11.6 Å². The fourth-order valence-corrected chi connectivity index (χ4v) is 6.73. The molecule has 2 N–H and O–H groups in total. The van der Waals surface area contributed by atoms with Crippen LogP contribution in [-0.4, -0.2) is 99.6 Å². The van der Waals surface area contributed by atoms with Crippen LogP contribution in [-0.2, 0) is 37.8 Å². The first-order valence-electron chi connectivity index (χ1n) is 24.4. The Bertz CT molecular complexity index is 3000. The third-order valence-corrected chi connectivity index (χ3v) is 11.3. The lowest BCUT2D eigenvalue weighted by Crippen LogP contribution is -2.41. The van der Waals surface area contributed by atoms with Gasteiger partial charge in [0.1, 0.15) is 69.6 Å². The molecule has 3 heterocycles. The number of hydrogen-bond acceptors (Lipinski definition) is 18. The number of esters is 4. The van der Waals surface area contributed by atoms with E-state index in [1.807, 2.05) is 52.0 Å². The van der Waals surface area contributed by atoms with Gasteiger partial charge in [-0.1, -0.05) is 12.1 Å². The molecule has 78 heavy (non-hydrogen) atoms. The maximum atomic E-state index is 13.1. The predicted molar refractivity (Wildman–Crippen MR) is 290 cm³/mol. The largest absolute Gasteiger partial charge is 0.494 e. The molecule has 22 heteroatoms. The van der Waals surface area contributed by atoms with E-state index in [-0.39, 0.29) is 64.1 Å². The minimum absolute atomic E-state index is 0.00416. The third-order valence-electron chi connectivity index (χ3n) is 11.1. The van der Waals surface area contributed by atoms with Gasteiger partial charge in [-0.3, -0.25) is 0 Å². The molecule has 2 aromatic heterocycles. The summed E-state index contributed by atoms with van der Waals surface area (Å²) in [5.41, 5.74) is -0.506. The van der Waals surface area contributed by atoms with Crippen molar-refractivity contribution in [3.8, 4) is 34.4 Å². The van der Waals surface area contributed by atoms with Crippen LogP contribution in [0.5, 0.6) is 23.0 Å². The molecule has 1 aliphatic heterocycles. The van der Waals surface area contributed by atoms with Gasteiger partial charge in [-0.15, -0.1) is 0 Å². The molecule has 0 amide bonds. The number of halogens is 3. The number of aromatic nitrogens is 4. The Kier molecular flexibility index (Phi) is 20.4. The van der Waals surface area contributed by atoms with Gasteiger partial charge in [0.05, 0.1) is 25.4 Å². The quantitative estimate of drug-likeness (QED) is 0.0448. The third kappa shape index (κ3) is 18.5. The SMILES string of the molecule is CC1(C)OB(c2ccc(Oc3ccc(F)cc3)cc2)OC1(C)C.COC(=O)[C@H](C)Nc1cc(C(=O)OC(C)(C)C)nc(-c2ccc(Oc3ccc(F)cc3)cc2)n1.COC(=O)[C@H](C)Nc1cc(C(=O)OC(C)(C)C)nc(Cl)n1. The molecule has 0 saturated carbocycles. The first kappa shape index (κ1) is 61.1. The number of carbonyl (C=O) groups is 4. The lowest BCUT2D eigenvalue weighted by molar-refractivity contribution is -0.141. The average molecular weight is 1100 g/mol. The van der Waals surface area contributed by atoms with Gasteiger partial charge in [-0.25, -0.2) is 47.9 Å². The Morgan fingerprint density at radius 2 is 0.923 bits per heavy atom. The Labute approximate surface area is 458 Å². The van der Waals surface area contributed by atoms with E-state index in [1.54, 1.807) is 91.8 Å². The minimum Gasteiger partial charge on any atom is -0.467 e. The predicted octanol–water partition coefficient (Wildman–Crippen LogP) is 11.0. The summed E-state index contributed by atoms with van der Waals surface area (Å²) >= 11 is 5.78. The van der Waals surface area contributed by atoms with Crippen molar-refractivity contribution in [3.63, 3.8) is 0 Å². The number of anilines is 2. The van der Waals surface area contributed by atoms with E-state index >= 15 is 0 Å². The summed E-state index contributed by atoms with van der Waals surface area (Å²) in [6.45, 7) is 21.8. The van der Waals surface area contributed by atoms with Crippen molar-refractivity contribution < 1.29 is 65.7 Å². The fourth-order valence-electron chi connectivity index (χ4n) is 6.55. The van der Waals surface area contributed by atoms with Crippen LogP contribution < -0.4 is 25.6 Å². The molecule has 0 bridgehead atoms. The zero-order valence-corrected chi connectivity index (χ0v) is 46.7. The first-order valence-corrected chi connectivity index (χ1v) is 24.8. The van der Waals surface area contributed by atoms with Crippen molar-refractivity contribution in [2.45, 2.75) is 118 Å². The van der Waals surface area contributed by atoms with E-state index in [0.29, 0.717) is 28.6 Å². The van der Waals surface area contributed by atoms with Gasteiger partial charge in [0.15, 0.2) is 17.2 Å². The number of nitrogens with one attached hydrogen (secondary N) is 2. The van der Waals surface area contributed by atoms with Crippen molar-refractivity contribution >= 4 is 59.7 Å². The summed E-state index contributed by atoms with van der Waals surface area (Å²) in [5.74, 6) is 0.180. The number of methoxy groups -OCH3 is 2. The van der Waals surface area contributed by atoms with Crippen LogP contribution >= 0.6 is 11.6 Å². The zero-order chi connectivity index (χ0) is 57.8. The molecule has 6 aromatic rings. The van der Waals surface area contributed by atoms with Gasteiger partial charge in [-0.2, -0.15) is 0 Å². The highest BCUT2D eigenvalue weighted by Crippen LogP contribution is 2.37. The van der Waals surface area contributed by atoms with Crippen LogP contribution in [0.2, 0.25) is 5.28 Å². The van der Waals surface area contributed by atoms with Crippen LogP contribution in [0.1, 0.15) is 104 Å². The van der Waals surface area contributed by atoms with Gasteiger partial charge < -0.3 is 48.4 Å². The van der Waals surface area contributed by atoms with E-state index in [1.165, 1.54) is 62.8 Å². The van der Waals surface area contributed by atoms with Crippen LogP contribution in [0.4, 0.5) is 20.4 Å². The van der Waals surface area contributed by atoms with Crippen LogP contribution in [0.15, 0.2) is 109 Å². The Morgan fingerprint density at radius 3 is 1.31 bits per heavy atom. The monoisotopic (exact) mass is 1100 g/mol. The number of nitrogens with zero attached hydrogens (tertiary/aromatic N) is 4. The number of carbonyl (C=O) groups excluding carboxylic acids is 4. The summed E-state index contributed by atoms with van der Waals surface area (Å²) in [6, 6.07) is 27.4. The lowest BCUT2D eigenvalue weighted by Gasteiger charge is -2.32. The molecule has 414 valence electrons. The summed E-state index contributed by atoms with van der Waals surface area (Å²) in [4.78, 5) is 64.3. The molecule has 0 spiro atoms. The van der Waals surface area contributed by atoms with E-state index < -0.39 is 47.2 Å². The maximum absolute atomic E-state index is 13.1. The molecule has 0 unspecified atom stereocenters. The second kappa shape index (κ2) is 26.1. The smallest absolute Gasteiger partial charge is 0.467 e. The highest BCUT2D eigenvalue weighted by Gasteiger charge is 2.51. The fraction of sp³-hybridized carbons (Fsp3) is 0.357. The van der Waals surface area contributed by atoms with E-state index in [2.05, 4.69) is 35.3 Å². The molecule has 2 atom stereocenters. The van der Waals surface area contributed by atoms with Gasteiger partial charge >= 0.3 is 31.0 Å². The average Bonchev–Trinajstić information content (AvgIpc) is 3.64. The van der Waals surface area contributed by atoms with E-state index in [0.717, 1.165) is 5.46 Å². The normalized spacial score (nSPS) is 14.1. The van der Waals surface area contributed by atoms with Crippen molar-refractivity contribution in [2.75, 3.05) is 24.9 Å². The Balaban J connectivity index is 0.000000224. The van der Waals surface area contributed by atoms with Crippen molar-refractivity contribution in [3.05, 3.63) is 138 Å². The summed E-state index contributed by atoms with van der Waals surface area (Å²) in [7, 11) is 2.17. The maximum Gasteiger partial charge on any atom is 0.494 e. The van der Waals surface area contributed by atoms with E-state index in [4.69, 9.17) is 44.6 Å². The lowest BCUT2D eigenvalue weighted by atomic mass is 9.79. The molecular formula is C56H64BClF2N6O12. The Morgan fingerprint density at radius 1 is 0.564 bits per heavy atom. The molecule has 1 aliphatic rings. The minimum atomic E-state index is -0.714. The van der Waals surface area contributed by atoms with Crippen molar-refractivity contribution in [1.82, 2.24) is 19.9 Å². The molecular weight excluding hydrogens is 1030 g/mol. The van der Waals surface area contributed by atoms with Crippen molar-refractivity contribution in [1.29, 1.82) is 0 Å². The topological polar surface area (TPSA) is 218 Å². The highest BCUT2D eigenvalue weighted by atomic mass is 35.5. The molecule has 1 saturated heterocycles. The summed E-state index contributed by atoms with van der Waals surface area (Å²) in [5, 5.41) is 5.57. The molecule has 4 aromatic carbocycles. The van der Waals surface area contributed by atoms with Gasteiger partial charge in [0.25, 0.3) is 0 Å². The zero-order valence-electron chi connectivity index (χ0n) is 45.9. The molecule has 1 fully saturated rings. The summed E-state index contributed by atoms with van der Waals surface area (Å²) < 4.78 is 69.4. The van der Waals surface area contributed by atoms with Crippen LogP contribution in [0.3, 0.4) is 0 Å². The summed E-state index contributed by atoms with van der Waals surface area (Å²) in [6.07, 6.45) is 0. The Hall–Kier alpha value is -7.75. The van der Waals surface area contributed by atoms with Gasteiger partial charge in [0, 0.05) is 17.7 Å². The molecule has 0 radical (unpaired) electrons.